The Morgan fingerprint density at radius 1 is 1.56 bits per heavy atom. The van der Waals surface area contributed by atoms with Crippen LogP contribution in [-0.4, -0.2) is 18.1 Å². The largest absolute Gasteiger partial charge is 0.453 e. The number of ether oxygens (including phenoxy) is 1. The lowest BCUT2D eigenvalue weighted by Crippen LogP contribution is -2.11. The molecule has 0 unspecified atom stereocenters. The third kappa shape index (κ3) is 2.69. The molecule has 0 aliphatic heterocycles. The second-order valence-corrected chi connectivity index (χ2v) is 3.07. The molecule has 0 aliphatic rings. The zero-order valence-corrected chi connectivity index (χ0v) is 9.02. The summed E-state index contributed by atoms with van der Waals surface area (Å²) in [5.41, 5.74) is 0.965. The van der Waals surface area contributed by atoms with Crippen molar-refractivity contribution in [1.29, 1.82) is 0 Å². The minimum atomic E-state index is -0.654. The lowest BCUT2D eigenvalue weighted by molar-refractivity contribution is -0.385. The van der Waals surface area contributed by atoms with Crippen molar-refractivity contribution >= 4 is 17.5 Å². The van der Waals surface area contributed by atoms with E-state index in [0.717, 1.165) is 0 Å². The van der Waals surface area contributed by atoms with E-state index in [9.17, 15) is 14.9 Å². The van der Waals surface area contributed by atoms with Crippen LogP contribution < -0.4 is 5.32 Å². The summed E-state index contributed by atoms with van der Waals surface area (Å²) >= 11 is 0. The normalized spacial score (nSPS) is 9.62. The summed E-state index contributed by atoms with van der Waals surface area (Å²) in [6, 6.07) is 4.53. The molecule has 0 aromatic heterocycles. The summed E-state index contributed by atoms with van der Waals surface area (Å²) in [6.07, 6.45) is -0.0898. The van der Waals surface area contributed by atoms with E-state index in [-0.39, 0.29) is 5.69 Å². The number of aryl methyl sites for hydroxylation is 1. The van der Waals surface area contributed by atoms with E-state index in [4.69, 9.17) is 0 Å². The van der Waals surface area contributed by atoms with Gasteiger partial charge in [0, 0.05) is 11.6 Å². The van der Waals surface area contributed by atoms with E-state index in [1.165, 1.54) is 13.2 Å². The maximum Gasteiger partial charge on any atom is 0.411 e. The summed E-state index contributed by atoms with van der Waals surface area (Å²) in [5, 5.41) is 13.1. The Bertz CT molecular complexity index is 417. The van der Waals surface area contributed by atoms with Crippen LogP contribution in [0.1, 0.15) is 12.5 Å². The molecule has 0 saturated carbocycles. The van der Waals surface area contributed by atoms with Crippen LogP contribution in [0.4, 0.5) is 16.2 Å². The fraction of sp³-hybridized carbons (Fsp3) is 0.300. The van der Waals surface area contributed by atoms with Gasteiger partial charge in [-0.3, -0.25) is 15.4 Å². The van der Waals surface area contributed by atoms with Gasteiger partial charge in [-0.1, -0.05) is 13.0 Å². The van der Waals surface area contributed by atoms with Gasteiger partial charge in [0.2, 0.25) is 0 Å². The van der Waals surface area contributed by atoms with Gasteiger partial charge in [-0.2, -0.15) is 0 Å². The Kier molecular flexibility index (Phi) is 3.82. The molecule has 0 bridgehead atoms. The number of nitro benzene ring substituents is 1. The number of nitrogens with one attached hydrogen (secondary N) is 1. The number of hydrogen-bond acceptors (Lipinski definition) is 4. The lowest BCUT2D eigenvalue weighted by Gasteiger charge is -2.05. The Hall–Kier alpha value is -2.11. The Morgan fingerprint density at radius 2 is 2.25 bits per heavy atom. The zero-order chi connectivity index (χ0) is 12.1. The number of anilines is 1. The first-order valence-corrected chi connectivity index (χ1v) is 4.70. The van der Waals surface area contributed by atoms with Crippen molar-refractivity contribution in [3.8, 4) is 0 Å². The molecule has 1 aromatic carbocycles. The van der Waals surface area contributed by atoms with Crippen LogP contribution in [0.3, 0.4) is 0 Å². The number of methoxy groups -OCH3 is 1. The molecule has 0 radical (unpaired) electrons. The molecule has 0 spiro atoms. The molecule has 0 heterocycles. The lowest BCUT2D eigenvalue weighted by atomic mass is 10.1. The molecule has 0 saturated heterocycles. The third-order valence-corrected chi connectivity index (χ3v) is 2.09. The zero-order valence-electron chi connectivity index (χ0n) is 9.02. The predicted octanol–water partition coefficient (Wildman–Crippen LogP) is 2.34. The molecule has 1 rings (SSSR count). The summed E-state index contributed by atoms with van der Waals surface area (Å²) in [7, 11) is 1.23. The summed E-state index contributed by atoms with van der Waals surface area (Å²) in [5.74, 6) is 0. The molecule has 1 N–H and O–H groups in total. The Morgan fingerprint density at radius 3 is 2.75 bits per heavy atom. The number of carbonyl (C=O) groups is 1. The van der Waals surface area contributed by atoms with Crippen LogP contribution in [0.15, 0.2) is 18.2 Å². The number of rotatable bonds is 3. The van der Waals surface area contributed by atoms with Crippen LogP contribution in [-0.2, 0) is 11.2 Å². The quantitative estimate of drug-likeness (QED) is 0.631. The molecule has 86 valence electrons. The number of nitro groups is 1. The molecule has 6 nitrogen and oxygen atoms in total. The Balaban J connectivity index is 3.02. The van der Waals surface area contributed by atoms with E-state index in [2.05, 4.69) is 10.1 Å². The summed E-state index contributed by atoms with van der Waals surface area (Å²) in [4.78, 5) is 21.2. The average molecular weight is 224 g/mol. The minimum absolute atomic E-state index is 0.00333. The third-order valence-electron chi connectivity index (χ3n) is 2.09. The molecular formula is C10H12N2O4. The highest BCUT2D eigenvalue weighted by Gasteiger charge is 2.13. The van der Waals surface area contributed by atoms with Crippen molar-refractivity contribution < 1.29 is 14.5 Å². The van der Waals surface area contributed by atoms with Crippen molar-refractivity contribution in [2.45, 2.75) is 13.3 Å². The standard InChI is InChI=1S/C10H12N2O4/c1-3-7-4-5-8(11-10(13)16-2)6-9(7)12(14)15/h4-6H,3H2,1-2H3,(H,11,13). The monoisotopic (exact) mass is 224 g/mol. The summed E-state index contributed by atoms with van der Waals surface area (Å²) < 4.78 is 4.39. The molecule has 16 heavy (non-hydrogen) atoms. The van der Waals surface area contributed by atoms with Gasteiger partial charge in [0.1, 0.15) is 0 Å². The van der Waals surface area contributed by atoms with Crippen LogP contribution in [0, 0.1) is 10.1 Å². The van der Waals surface area contributed by atoms with E-state index in [1.54, 1.807) is 12.1 Å². The van der Waals surface area contributed by atoms with Crippen molar-refractivity contribution in [1.82, 2.24) is 0 Å². The highest BCUT2D eigenvalue weighted by molar-refractivity contribution is 5.85. The summed E-state index contributed by atoms with van der Waals surface area (Å²) in [6.45, 7) is 1.83. The van der Waals surface area contributed by atoms with Crippen molar-refractivity contribution in [2.75, 3.05) is 12.4 Å². The van der Waals surface area contributed by atoms with Gasteiger partial charge in [0.15, 0.2) is 0 Å². The van der Waals surface area contributed by atoms with Gasteiger partial charge in [-0.05, 0) is 12.5 Å². The first-order valence-electron chi connectivity index (χ1n) is 4.70. The second-order valence-electron chi connectivity index (χ2n) is 3.07. The number of amides is 1. The maximum absolute atomic E-state index is 10.9. The first kappa shape index (κ1) is 12.0. The van der Waals surface area contributed by atoms with E-state index in [0.29, 0.717) is 17.7 Å². The highest BCUT2D eigenvalue weighted by atomic mass is 16.6. The van der Waals surface area contributed by atoms with E-state index in [1.807, 2.05) is 6.92 Å². The van der Waals surface area contributed by atoms with Crippen molar-refractivity contribution in [3.63, 3.8) is 0 Å². The maximum atomic E-state index is 10.9. The number of benzene rings is 1. The Labute approximate surface area is 92.4 Å². The van der Waals surface area contributed by atoms with Gasteiger partial charge in [0.25, 0.3) is 5.69 Å². The molecule has 0 aliphatic carbocycles. The predicted molar refractivity (Wildman–Crippen MR) is 58.5 cm³/mol. The highest BCUT2D eigenvalue weighted by Crippen LogP contribution is 2.23. The van der Waals surface area contributed by atoms with Gasteiger partial charge in [-0.15, -0.1) is 0 Å². The molecule has 6 heteroatoms. The van der Waals surface area contributed by atoms with Crippen molar-refractivity contribution in [3.05, 3.63) is 33.9 Å². The van der Waals surface area contributed by atoms with E-state index < -0.39 is 11.0 Å². The molecule has 0 atom stereocenters. The van der Waals surface area contributed by atoms with Crippen LogP contribution in [0.5, 0.6) is 0 Å². The minimum Gasteiger partial charge on any atom is -0.453 e. The molecule has 1 amide bonds. The van der Waals surface area contributed by atoms with Gasteiger partial charge in [0.05, 0.1) is 17.7 Å². The number of hydrogen-bond donors (Lipinski definition) is 1. The fourth-order valence-corrected chi connectivity index (χ4v) is 1.28. The second kappa shape index (κ2) is 5.11. The number of carbonyl (C=O) groups excluding carboxylic acids is 1. The van der Waals surface area contributed by atoms with Crippen LogP contribution in [0.2, 0.25) is 0 Å². The molecular weight excluding hydrogens is 212 g/mol. The average Bonchev–Trinajstić information content (AvgIpc) is 2.28. The smallest absolute Gasteiger partial charge is 0.411 e. The topological polar surface area (TPSA) is 81.5 Å². The van der Waals surface area contributed by atoms with Crippen molar-refractivity contribution in [2.24, 2.45) is 0 Å². The molecule has 0 fully saturated rings. The van der Waals surface area contributed by atoms with Gasteiger partial charge >= 0.3 is 6.09 Å². The molecule has 1 aromatic rings. The van der Waals surface area contributed by atoms with Gasteiger partial charge < -0.3 is 4.74 Å². The van der Waals surface area contributed by atoms with Crippen LogP contribution >= 0.6 is 0 Å². The first-order chi connectivity index (χ1) is 7.58. The van der Waals surface area contributed by atoms with E-state index >= 15 is 0 Å². The SMILES string of the molecule is CCc1ccc(NC(=O)OC)cc1[N+](=O)[O-]. The van der Waals surface area contributed by atoms with Gasteiger partial charge in [-0.25, -0.2) is 4.79 Å². The van der Waals surface area contributed by atoms with Crippen LogP contribution in [0.25, 0.3) is 0 Å². The fourth-order valence-electron chi connectivity index (χ4n) is 1.28. The number of nitrogens with zero attached hydrogens (tertiary/aromatic N) is 1.